The number of aryl methyl sites for hydroxylation is 1. The van der Waals surface area contributed by atoms with Crippen molar-refractivity contribution in [2.45, 2.75) is 25.3 Å². The van der Waals surface area contributed by atoms with Crippen LogP contribution in [0, 0.1) is 10.1 Å². The van der Waals surface area contributed by atoms with E-state index in [1.807, 2.05) is 0 Å². The highest BCUT2D eigenvalue weighted by atomic mass is 35.5. The number of aromatic nitrogens is 1. The van der Waals surface area contributed by atoms with Gasteiger partial charge in [-0.25, -0.2) is 4.98 Å². The van der Waals surface area contributed by atoms with E-state index in [0.29, 0.717) is 5.13 Å². The quantitative estimate of drug-likeness (QED) is 0.649. The van der Waals surface area contributed by atoms with Crippen LogP contribution in [0.15, 0.2) is 24.3 Å². The van der Waals surface area contributed by atoms with E-state index in [4.69, 9.17) is 5.73 Å². The largest absolute Gasteiger partial charge is 0.327 e. The molecule has 0 saturated heterocycles. The van der Waals surface area contributed by atoms with Gasteiger partial charge in [0.1, 0.15) is 5.56 Å². The molecule has 23 heavy (non-hydrogen) atoms. The van der Waals surface area contributed by atoms with Gasteiger partial charge < -0.3 is 5.73 Å². The van der Waals surface area contributed by atoms with Crippen molar-refractivity contribution in [1.29, 1.82) is 0 Å². The molecular weight excluding hydrogens is 340 g/mol. The summed E-state index contributed by atoms with van der Waals surface area (Å²) in [5.74, 6) is -0.525. The van der Waals surface area contributed by atoms with Crippen molar-refractivity contribution in [2.75, 3.05) is 5.32 Å². The minimum Gasteiger partial charge on any atom is -0.327 e. The van der Waals surface area contributed by atoms with E-state index in [1.165, 1.54) is 29.5 Å². The molecule has 1 aliphatic rings. The number of para-hydroxylation sites is 1. The summed E-state index contributed by atoms with van der Waals surface area (Å²) < 4.78 is 0. The Labute approximate surface area is 142 Å². The maximum atomic E-state index is 12.2. The number of benzene rings is 1. The van der Waals surface area contributed by atoms with Crippen molar-refractivity contribution in [3.63, 3.8) is 0 Å². The summed E-state index contributed by atoms with van der Waals surface area (Å²) in [7, 11) is 0. The second-order valence-electron chi connectivity index (χ2n) is 5.12. The van der Waals surface area contributed by atoms with Crippen LogP contribution >= 0.6 is 23.7 Å². The maximum Gasteiger partial charge on any atom is 0.282 e. The molecule has 1 aromatic carbocycles. The molecule has 0 spiro atoms. The lowest BCUT2D eigenvalue weighted by Crippen LogP contribution is -2.27. The smallest absolute Gasteiger partial charge is 0.282 e. The Morgan fingerprint density at radius 2 is 2.17 bits per heavy atom. The molecule has 7 nitrogen and oxygen atoms in total. The van der Waals surface area contributed by atoms with Crippen molar-refractivity contribution < 1.29 is 9.72 Å². The summed E-state index contributed by atoms with van der Waals surface area (Å²) in [5.41, 5.74) is 6.69. The zero-order chi connectivity index (χ0) is 15.7. The van der Waals surface area contributed by atoms with E-state index in [0.717, 1.165) is 29.8 Å². The average molecular weight is 355 g/mol. The monoisotopic (exact) mass is 354 g/mol. The van der Waals surface area contributed by atoms with Gasteiger partial charge in [0.15, 0.2) is 5.13 Å². The highest BCUT2D eigenvalue weighted by Crippen LogP contribution is 2.30. The number of anilines is 1. The predicted octanol–water partition coefficient (Wildman–Crippen LogP) is 2.54. The second-order valence-corrected chi connectivity index (χ2v) is 6.20. The van der Waals surface area contributed by atoms with E-state index in [-0.39, 0.29) is 29.7 Å². The second kappa shape index (κ2) is 7.03. The zero-order valence-corrected chi connectivity index (χ0v) is 13.7. The van der Waals surface area contributed by atoms with Crippen LogP contribution in [-0.2, 0) is 12.8 Å². The number of nitrogens with zero attached hydrogens (tertiary/aromatic N) is 2. The van der Waals surface area contributed by atoms with Crippen LogP contribution in [0.4, 0.5) is 10.8 Å². The normalized spacial score (nSPS) is 16.1. The topological polar surface area (TPSA) is 111 Å². The highest BCUT2D eigenvalue weighted by molar-refractivity contribution is 7.15. The van der Waals surface area contributed by atoms with Crippen LogP contribution < -0.4 is 11.1 Å². The van der Waals surface area contributed by atoms with Gasteiger partial charge in [-0.1, -0.05) is 12.1 Å². The van der Waals surface area contributed by atoms with E-state index in [1.54, 1.807) is 6.07 Å². The van der Waals surface area contributed by atoms with Crippen molar-refractivity contribution in [3.05, 3.63) is 50.5 Å². The Morgan fingerprint density at radius 1 is 1.43 bits per heavy atom. The molecule has 1 aliphatic carbocycles. The molecule has 1 heterocycles. The highest BCUT2D eigenvalue weighted by Gasteiger charge is 2.23. The van der Waals surface area contributed by atoms with Gasteiger partial charge in [-0.05, 0) is 25.3 Å². The van der Waals surface area contributed by atoms with E-state index < -0.39 is 10.8 Å². The number of halogens is 1. The van der Waals surface area contributed by atoms with Crippen LogP contribution in [-0.4, -0.2) is 21.9 Å². The molecule has 122 valence electrons. The molecule has 0 unspecified atom stereocenters. The van der Waals surface area contributed by atoms with Crippen molar-refractivity contribution in [3.8, 4) is 0 Å². The first-order valence-electron chi connectivity index (χ1n) is 6.83. The number of hydrogen-bond acceptors (Lipinski definition) is 6. The van der Waals surface area contributed by atoms with Crippen molar-refractivity contribution in [2.24, 2.45) is 5.73 Å². The Morgan fingerprint density at radius 3 is 2.91 bits per heavy atom. The first-order valence-corrected chi connectivity index (χ1v) is 7.65. The van der Waals surface area contributed by atoms with Crippen molar-refractivity contribution in [1.82, 2.24) is 4.98 Å². The molecule has 0 radical (unpaired) electrons. The fourth-order valence-corrected chi connectivity index (χ4v) is 3.54. The standard InChI is InChI=1S/C14H14N4O3S.ClH/c15-8-5-6-10-12(7-8)22-14(16-10)17-13(19)9-3-1-2-4-11(9)18(20)21;/h1-4,8H,5-7,15H2,(H,16,17,19);1H/t8-;/m0./s1. The van der Waals surface area contributed by atoms with Crippen LogP contribution in [0.25, 0.3) is 0 Å². The molecule has 0 aliphatic heterocycles. The number of thiazole rings is 1. The molecular formula is C14H15ClN4O3S. The lowest BCUT2D eigenvalue weighted by molar-refractivity contribution is -0.385. The van der Waals surface area contributed by atoms with E-state index >= 15 is 0 Å². The van der Waals surface area contributed by atoms with Gasteiger partial charge in [-0.2, -0.15) is 0 Å². The summed E-state index contributed by atoms with van der Waals surface area (Å²) in [6.45, 7) is 0. The molecule has 0 fully saturated rings. The first kappa shape index (κ1) is 17.3. The Kier molecular flexibility index (Phi) is 5.30. The zero-order valence-electron chi connectivity index (χ0n) is 12.0. The molecule has 0 bridgehead atoms. The lowest BCUT2D eigenvalue weighted by Gasteiger charge is -2.15. The number of fused-ring (bicyclic) bond motifs is 1. The van der Waals surface area contributed by atoms with Gasteiger partial charge in [-0.3, -0.25) is 20.2 Å². The lowest BCUT2D eigenvalue weighted by atomic mass is 9.99. The van der Waals surface area contributed by atoms with Gasteiger partial charge >= 0.3 is 0 Å². The number of nitrogens with one attached hydrogen (secondary N) is 1. The number of carbonyl (C=O) groups is 1. The third-order valence-corrected chi connectivity index (χ3v) is 4.58. The molecule has 3 N–H and O–H groups in total. The number of nitro benzene ring substituents is 1. The number of nitro groups is 1. The maximum absolute atomic E-state index is 12.2. The molecule has 0 saturated carbocycles. The minimum atomic E-state index is -0.569. The molecule has 1 aromatic heterocycles. The fraction of sp³-hybridized carbons (Fsp3) is 0.286. The average Bonchev–Trinajstić information content (AvgIpc) is 2.88. The summed E-state index contributed by atoms with van der Waals surface area (Å²) in [6.07, 6.45) is 2.44. The number of nitrogens with two attached hydrogens (primary N) is 1. The molecule has 9 heteroatoms. The third kappa shape index (κ3) is 3.66. The SMILES string of the molecule is Cl.N[C@H]1CCc2nc(NC(=O)c3ccccc3[N+](=O)[O-])sc2C1. The summed E-state index contributed by atoms with van der Waals surface area (Å²) in [5, 5.41) is 14.1. The van der Waals surface area contributed by atoms with Gasteiger partial charge in [0.25, 0.3) is 11.6 Å². The van der Waals surface area contributed by atoms with E-state index in [2.05, 4.69) is 10.3 Å². The third-order valence-electron chi connectivity index (χ3n) is 3.54. The summed E-state index contributed by atoms with van der Waals surface area (Å²) in [6, 6.07) is 5.98. The number of carbonyl (C=O) groups excluding carboxylic acids is 1. The van der Waals surface area contributed by atoms with Gasteiger partial charge in [0, 0.05) is 17.0 Å². The number of rotatable bonds is 3. The molecule has 1 amide bonds. The fourth-order valence-electron chi connectivity index (χ4n) is 2.44. The molecule has 3 rings (SSSR count). The van der Waals surface area contributed by atoms with Crippen LogP contribution in [0.2, 0.25) is 0 Å². The number of amides is 1. The van der Waals surface area contributed by atoms with Gasteiger partial charge in [0.2, 0.25) is 0 Å². The Balaban J connectivity index is 0.00000192. The summed E-state index contributed by atoms with van der Waals surface area (Å²) >= 11 is 1.38. The number of hydrogen-bond donors (Lipinski definition) is 2. The Hall–Kier alpha value is -2.03. The molecule has 2 aromatic rings. The summed E-state index contributed by atoms with van der Waals surface area (Å²) in [4.78, 5) is 28.1. The van der Waals surface area contributed by atoms with Crippen LogP contribution in [0.5, 0.6) is 0 Å². The van der Waals surface area contributed by atoms with Gasteiger partial charge in [0.05, 0.1) is 10.6 Å². The first-order chi connectivity index (χ1) is 10.5. The molecule has 1 atom stereocenters. The minimum absolute atomic E-state index is 0. The Bertz CT molecular complexity index is 749. The van der Waals surface area contributed by atoms with E-state index in [9.17, 15) is 14.9 Å². The van der Waals surface area contributed by atoms with Crippen molar-refractivity contribution >= 4 is 40.5 Å². The van der Waals surface area contributed by atoms with Crippen LogP contribution in [0.1, 0.15) is 27.3 Å². The van der Waals surface area contributed by atoms with Crippen LogP contribution in [0.3, 0.4) is 0 Å². The predicted molar refractivity (Wildman–Crippen MR) is 90.4 cm³/mol. The van der Waals surface area contributed by atoms with Gasteiger partial charge in [-0.15, -0.1) is 23.7 Å².